The van der Waals surface area contributed by atoms with E-state index in [0.717, 1.165) is 42.8 Å². The molecule has 1 aromatic heterocycles. The molecule has 0 aliphatic carbocycles. The van der Waals surface area contributed by atoms with Gasteiger partial charge in [-0.05, 0) is 25.0 Å². The fourth-order valence-electron chi connectivity index (χ4n) is 3.83. The fourth-order valence-corrected chi connectivity index (χ4v) is 5.37. The number of benzene rings is 1. The molecular weight excluding hydrogens is 390 g/mol. The van der Waals surface area contributed by atoms with E-state index < -0.39 is 10.0 Å². The Kier molecular flexibility index (Phi) is 6.12. The third-order valence-corrected chi connectivity index (χ3v) is 7.28. The highest BCUT2D eigenvalue weighted by atomic mass is 32.2. The zero-order chi connectivity index (χ0) is 20.3. The Morgan fingerprint density at radius 3 is 2.76 bits per heavy atom. The molecule has 0 saturated carbocycles. The largest absolute Gasteiger partial charge is 0.473 e. The van der Waals surface area contributed by atoms with E-state index in [2.05, 4.69) is 9.97 Å². The monoisotopic (exact) mass is 417 g/mol. The number of ether oxygens (including phenoxy) is 2. The van der Waals surface area contributed by atoms with Gasteiger partial charge in [0.15, 0.2) is 0 Å². The van der Waals surface area contributed by atoms with Crippen LogP contribution in [-0.4, -0.2) is 55.1 Å². The normalized spacial score (nSPS) is 20.7. The van der Waals surface area contributed by atoms with Crippen molar-refractivity contribution >= 4 is 10.0 Å². The van der Waals surface area contributed by atoms with E-state index >= 15 is 0 Å². The summed E-state index contributed by atoms with van der Waals surface area (Å²) < 4.78 is 39.4. The summed E-state index contributed by atoms with van der Waals surface area (Å²) in [6.45, 7) is 4.13. The number of sulfonamides is 1. The standard InChI is InChI=1S/C21H27N3O4S/c1-2-20-22-19-11-14-27-13-10-18(19)21(23-20)28-16-7-6-12-24(15-16)29(25,26)17-8-4-3-5-9-17/h3-5,8-9,16H,2,6-7,10-15H2,1H3. The van der Waals surface area contributed by atoms with Crippen LogP contribution in [0.15, 0.2) is 35.2 Å². The number of fused-ring (bicyclic) bond motifs is 1. The lowest BCUT2D eigenvalue weighted by atomic mass is 10.1. The van der Waals surface area contributed by atoms with Gasteiger partial charge in [-0.15, -0.1) is 0 Å². The molecule has 0 radical (unpaired) electrons. The molecule has 2 aliphatic heterocycles. The highest BCUT2D eigenvalue weighted by molar-refractivity contribution is 7.89. The van der Waals surface area contributed by atoms with Gasteiger partial charge < -0.3 is 9.47 Å². The molecule has 29 heavy (non-hydrogen) atoms. The maximum Gasteiger partial charge on any atom is 0.243 e. The van der Waals surface area contributed by atoms with Crippen LogP contribution in [0.1, 0.15) is 36.8 Å². The van der Waals surface area contributed by atoms with Gasteiger partial charge in [-0.1, -0.05) is 25.1 Å². The molecule has 0 spiro atoms. The van der Waals surface area contributed by atoms with E-state index in [1.54, 1.807) is 24.3 Å². The van der Waals surface area contributed by atoms with Crippen LogP contribution in [0.5, 0.6) is 5.88 Å². The minimum absolute atomic E-state index is 0.227. The first kappa shape index (κ1) is 20.3. The number of nitrogens with zero attached hydrogens (tertiary/aromatic N) is 3. The van der Waals surface area contributed by atoms with Crippen molar-refractivity contribution in [3.8, 4) is 5.88 Å². The third-order valence-electron chi connectivity index (χ3n) is 5.40. The maximum absolute atomic E-state index is 13.0. The summed E-state index contributed by atoms with van der Waals surface area (Å²) in [5, 5.41) is 0. The van der Waals surface area contributed by atoms with Gasteiger partial charge in [-0.3, -0.25) is 0 Å². The molecule has 0 bridgehead atoms. The van der Waals surface area contributed by atoms with E-state index in [4.69, 9.17) is 9.47 Å². The lowest BCUT2D eigenvalue weighted by Crippen LogP contribution is -2.44. The second-order valence-corrected chi connectivity index (χ2v) is 9.33. The third kappa shape index (κ3) is 4.44. The maximum atomic E-state index is 13.0. The van der Waals surface area contributed by atoms with E-state index in [1.165, 1.54) is 4.31 Å². The Morgan fingerprint density at radius 1 is 1.17 bits per heavy atom. The average Bonchev–Trinajstić information content (AvgIpc) is 3.00. The summed E-state index contributed by atoms with van der Waals surface area (Å²) in [7, 11) is -3.52. The van der Waals surface area contributed by atoms with Gasteiger partial charge in [-0.2, -0.15) is 9.29 Å². The van der Waals surface area contributed by atoms with Crippen molar-refractivity contribution in [3.05, 3.63) is 47.4 Å². The molecule has 0 N–H and O–H groups in total. The molecule has 1 aromatic carbocycles. The predicted octanol–water partition coefficient (Wildman–Crippen LogP) is 2.39. The molecule has 4 rings (SSSR count). The molecular formula is C21H27N3O4S. The average molecular weight is 418 g/mol. The van der Waals surface area contributed by atoms with Crippen LogP contribution < -0.4 is 4.74 Å². The number of hydrogen-bond acceptors (Lipinski definition) is 6. The summed E-state index contributed by atoms with van der Waals surface area (Å²) in [4.78, 5) is 9.61. The van der Waals surface area contributed by atoms with E-state index in [0.29, 0.717) is 43.5 Å². The number of rotatable bonds is 5. The first-order chi connectivity index (χ1) is 14.1. The molecule has 8 heteroatoms. The topological polar surface area (TPSA) is 81.6 Å². The molecule has 156 valence electrons. The first-order valence-corrected chi connectivity index (χ1v) is 11.7. The van der Waals surface area contributed by atoms with Gasteiger partial charge in [0.05, 0.1) is 30.3 Å². The highest BCUT2D eigenvalue weighted by Crippen LogP contribution is 2.27. The van der Waals surface area contributed by atoms with Gasteiger partial charge in [-0.25, -0.2) is 13.4 Å². The quantitative estimate of drug-likeness (QED) is 0.743. The molecule has 1 atom stereocenters. The molecule has 2 aromatic rings. The van der Waals surface area contributed by atoms with Gasteiger partial charge in [0.2, 0.25) is 15.9 Å². The lowest BCUT2D eigenvalue weighted by molar-refractivity contribution is 0.121. The Bertz CT molecular complexity index is 950. The summed E-state index contributed by atoms with van der Waals surface area (Å²) >= 11 is 0. The lowest BCUT2D eigenvalue weighted by Gasteiger charge is -2.32. The fraction of sp³-hybridized carbons (Fsp3) is 0.524. The van der Waals surface area contributed by atoms with Gasteiger partial charge in [0, 0.05) is 31.4 Å². The first-order valence-electron chi connectivity index (χ1n) is 10.3. The number of hydrogen-bond donors (Lipinski definition) is 0. The molecule has 3 heterocycles. The van der Waals surface area contributed by atoms with Crippen LogP contribution >= 0.6 is 0 Å². The molecule has 1 fully saturated rings. The minimum Gasteiger partial charge on any atom is -0.473 e. The van der Waals surface area contributed by atoms with Crippen molar-refractivity contribution in [2.75, 3.05) is 26.3 Å². The number of piperidine rings is 1. The van der Waals surface area contributed by atoms with Crippen molar-refractivity contribution in [2.24, 2.45) is 0 Å². The van der Waals surface area contributed by atoms with Crippen LogP contribution in [0.3, 0.4) is 0 Å². The molecule has 2 aliphatic rings. The summed E-state index contributed by atoms with van der Waals surface area (Å²) in [5.41, 5.74) is 2.00. The summed E-state index contributed by atoms with van der Waals surface area (Å²) in [6, 6.07) is 8.58. The zero-order valence-electron chi connectivity index (χ0n) is 16.7. The Balaban J connectivity index is 1.56. The van der Waals surface area contributed by atoms with Crippen molar-refractivity contribution < 1.29 is 17.9 Å². The highest BCUT2D eigenvalue weighted by Gasteiger charge is 2.32. The number of aryl methyl sites for hydroxylation is 1. The van der Waals surface area contributed by atoms with Crippen LogP contribution in [0, 0.1) is 0 Å². The Morgan fingerprint density at radius 2 is 1.97 bits per heavy atom. The SMILES string of the molecule is CCc1nc2c(c(OC3CCCN(S(=O)(=O)c4ccccc4)C3)n1)CCOCC2. The molecule has 7 nitrogen and oxygen atoms in total. The van der Waals surface area contributed by atoms with Gasteiger partial charge in [0.25, 0.3) is 0 Å². The van der Waals surface area contributed by atoms with Crippen LogP contribution in [-0.2, 0) is 34.0 Å². The van der Waals surface area contributed by atoms with Crippen molar-refractivity contribution in [1.82, 2.24) is 14.3 Å². The van der Waals surface area contributed by atoms with Crippen LogP contribution in [0.25, 0.3) is 0 Å². The Labute approximate surface area is 172 Å². The van der Waals surface area contributed by atoms with Gasteiger partial charge in [0.1, 0.15) is 11.9 Å². The predicted molar refractivity (Wildman–Crippen MR) is 108 cm³/mol. The van der Waals surface area contributed by atoms with E-state index in [9.17, 15) is 8.42 Å². The minimum atomic E-state index is -3.52. The van der Waals surface area contributed by atoms with E-state index in [-0.39, 0.29) is 6.10 Å². The summed E-state index contributed by atoms with van der Waals surface area (Å²) in [6.07, 6.45) is 3.53. The second-order valence-electron chi connectivity index (χ2n) is 7.39. The van der Waals surface area contributed by atoms with Crippen LogP contribution in [0.2, 0.25) is 0 Å². The number of aromatic nitrogens is 2. The molecule has 1 saturated heterocycles. The Hall–Kier alpha value is -2.03. The van der Waals surface area contributed by atoms with E-state index in [1.807, 2.05) is 13.0 Å². The molecule has 1 unspecified atom stereocenters. The second kappa shape index (κ2) is 8.77. The zero-order valence-corrected chi connectivity index (χ0v) is 17.5. The van der Waals surface area contributed by atoms with Crippen molar-refractivity contribution in [3.63, 3.8) is 0 Å². The van der Waals surface area contributed by atoms with Crippen molar-refractivity contribution in [1.29, 1.82) is 0 Å². The van der Waals surface area contributed by atoms with Crippen LogP contribution in [0.4, 0.5) is 0 Å². The summed E-state index contributed by atoms with van der Waals surface area (Å²) in [5.74, 6) is 1.35. The smallest absolute Gasteiger partial charge is 0.243 e. The van der Waals surface area contributed by atoms with Crippen molar-refractivity contribution in [2.45, 2.75) is 50.0 Å². The van der Waals surface area contributed by atoms with Gasteiger partial charge >= 0.3 is 0 Å². The molecule has 0 amide bonds.